The number of para-hydroxylation sites is 2. The Kier molecular flexibility index (Phi) is 4.12. The highest BCUT2D eigenvalue weighted by molar-refractivity contribution is 5.72. The van der Waals surface area contributed by atoms with E-state index in [-0.39, 0.29) is 11.5 Å². The minimum Gasteiger partial charge on any atom is -0.370 e. The predicted octanol–water partition coefficient (Wildman–Crippen LogP) is 4.33. The van der Waals surface area contributed by atoms with Gasteiger partial charge in [0.15, 0.2) is 0 Å². The van der Waals surface area contributed by atoms with Crippen LogP contribution in [0.3, 0.4) is 0 Å². The van der Waals surface area contributed by atoms with E-state index in [9.17, 15) is 14.5 Å². The van der Waals surface area contributed by atoms with Gasteiger partial charge in [0.25, 0.3) is 5.69 Å². The largest absolute Gasteiger partial charge is 0.370 e. The van der Waals surface area contributed by atoms with E-state index >= 15 is 0 Å². The zero-order valence-electron chi connectivity index (χ0n) is 14.0. The first kappa shape index (κ1) is 16.3. The molecule has 6 nitrogen and oxygen atoms in total. The summed E-state index contributed by atoms with van der Waals surface area (Å²) in [6, 6.07) is 12.7. The van der Waals surface area contributed by atoms with E-state index < -0.39 is 4.92 Å². The molecule has 26 heavy (non-hydrogen) atoms. The van der Waals surface area contributed by atoms with Crippen molar-refractivity contribution in [1.82, 2.24) is 9.78 Å². The molecule has 0 aliphatic carbocycles. The lowest BCUT2D eigenvalue weighted by atomic mass is 10.0. The number of rotatable bonds is 3. The Balaban J connectivity index is 1.94. The molecule has 3 aromatic rings. The lowest BCUT2D eigenvalue weighted by molar-refractivity contribution is -0.384. The second-order valence-corrected chi connectivity index (χ2v) is 6.22. The quantitative estimate of drug-likeness (QED) is 0.562. The molecular weight excluding hydrogens is 335 g/mol. The first-order valence-electron chi connectivity index (χ1n) is 8.50. The zero-order valence-corrected chi connectivity index (χ0v) is 14.0. The van der Waals surface area contributed by atoms with Crippen molar-refractivity contribution >= 4 is 11.5 Å². The molecule has 4 rings (SSSR count). The molecular formula is C19H17FN4O2. The number of nitrogens with one attached hydrogen (secondary N) is 1. The number of hydrogen-bond acceptors (Lipinski definition) is 4. The van der Waals surface area contributed by atoms with Crippen molar-refractivity contribution in [3.63, 3.8) is 0 Å². The van der Waals surface area contributed by atoms with Crippen LogP contribution in [0, 0.1) is 15.9 Å². The van der Waals surface area contributed by atoms with Crippen LogP contribution < -0.4 is 5.32 Å². The molecule has 0 bridgehead atoms. The highest BCUT2D eigenvalue weighted by Gasteiger charge is 2.25. The zero-order chi connectivity index (χ0) is 18.1. The number of anilines is 1. The summed E-state index contributed by atoms with van der Waals surface area (Å²) < 4.78 is 14.9. The Morgan fingerprint density at radius 3 is 2.65 bits per heavy atom. The normalized spacial score (nSPS) is 13.6. The lowest BCUT2D eigenvalue weighted by Gasteiger charge is -2.09. The molecule has 2 heterocycles. The molecule has 1 aromatic heterocycles. The topological polar surface area (TPSA) is 73.0 Å². The summed E-state index contributed by atoms with van der Waals surface area (Å²) in [6.45, 7) is 0.780. The molecule has 0 amide bonds. The summed E-state index contributed by atoms with van der Waals surface area (Å²) in [6.07, 6.45) is 2.82. The molecule has 7 heteroatoms. The van der Waals surface area contributed by atoms with Crippen molar-refractivity contribution in [1.29, 1.82) is 0 Å². The van der Waals surface area contributed by atoms with Crippen molar-refractivity contribution < 1.29 is 9.31 Å². The van der Waals surface area contributed by atoms with Gasteiger partial charge in [-0.2, -0.15) is 5.10 Å². The highest BCUT2D eigenvalue weighted by Crippen LogP contribution is 2.35. The minimum atomic E-state index is -0.405. The molecule has 0 saturated carbocycles. The lowest BCUT2D eigenvalue weighted by Crippen LogP contribution is -2.08. The maximum atomic E-state index is 13.3. The SMILES string of the molecule is O=[N+]([O-])c1ccccc1-n1nc(-c2ccc(F)cc2)c2c1NCCCC2. The summed E-state index contributed by atoms with van der Waals surface area (Å²) >= 11 is 0. The van der Waals surface area contributed by atoms with Crippen molar-refractivity contribution in [2.75, 3.05) is 11.9 Å². The Bertz CT molecular complexity index is 966. The number of hydrogen-bond donors (Lipinski definition) is 1. The van der Waals surface area contributed by atoms with Crippen molar-refractivity contribution in [2.24, 2.45) is 0 Å². The van der Waals surface area contributed by atoms with Crippen molar-refractivity contribution in [3.05, 3.63) is 70.0 Å². The third kappa shape index (κ3) is 2.81. The van der Waals surface area contributed by atoms with Gasteiger partial charge < -0.3 is 5.32 Å². The van der Waals surface area contributed by atoms with Gasteiger partial charge in [-0.1, -0.05) is 12.1 Å². The van der Waals surface area contributed by atoms with Gasteiger partial charge >= 0.3 is 0 Å². The van der Waals surface area contributed by atoms with Gasteiger partial charge in [-0.25, -0.2) is 9.07 Å². The van der Waals surface area contributed by atoms with E-state index in [0.29, 0.717) is 5.69 Å². The standard InChI is InChI=1S/C19H17FN4O2/c20-14-10-8-13(9-11-14)18-15-5-3-4-12-21-19(15)23(22-18)16-6-1-2-7-17(16)24(25)26/h1-2,6-11,21H,3-5,12H2. The predicted molar refractivity (Wildman–Crippen MR) is 97.0 cm³/mol. The maximum Gasteiger partial charge on any atom is 0.294 e. The fourth-order valence-corrected chi connectivity index (χ4v) is 3.31. The van der Waals surface area contributed by atoms with Gasteiger partial charge in [0.2, 0.25) is 0 Å². The second kappa shape index (κ2) is 6.59. The second-order valence-electron chi connectivity index (χ2n) is 6.22. The van der Waals surface area contributed by atoms with Gasteiger partial charge in [0.05, 0.1) is 10.6 Å². The minimum absolute atomic E-state index is 0.00509. The summed E-state index contributed by atoms with van der Waals surface area (Å²) in [5, 5.41) is 19.5. The molecule has 1 aliphatic rings. The fraction of sp³-hybridized carbons (Fsp3) is 0.211. The summed E-state index contributed by atoms with van der Waals surface area (Å²) in [7, 11) is 0. The van der Waals surface area contributed by atoms with Crippen LogP contribution in [0.2, 0.25) is 0 Å². The number of fused-ring (bicyclic) bond motifs is 1. The summed E-state index contributed by atoms with van der Waals surface area (Å²) in [5.74, 6) is 0.465. The van der Waals surface area contributed by atoms with Crippen LogP contribution in [0.4, 0.5) is 15.9 Å². The van der Waals surface area contributed by atoms with Gasteiger partial charge in [0.1, 0.15) is 17.3 Å². The molecule has 2 aromatic carbocycles. The average Bonchev–Trinajstić information content (AvgIpc) is 2.84. The van der Waals surface area contributed by atoms with Crippen LogP contribution in [0.5, 0.6) is 0 Å². The van der Waals surface area contributed by atoms with Gasteiger partial charge in [0, 0.05) is 23.7 Å². The summed E-state index contributed by atoms with van der Waals surface area (Å²) in [5.41, 5.74) is 2.94. The summed E-state index contributed by atoms with van der Waals surface area (Å²) in [4.78, 5) is 11.0. The van der Waals surface area contributed by atoms with Gasteiger partial charge in [-0.15, -0.1) is 0 Å². The molecule has 0 unspecified atom stereocenters. The molecule has 0 saturated heterocycles. The average molecular weight is 352 g/mol. The number of benzene rings is 2. The number of halogens is 1. The molecule has 1 aliphatic heterocycles. The number of aromatic nitrogens is 2. The van der Waals surface area contributed by atoms with Crippen LogP contribution in [-0.2, 0) is 6.42 Å². The first-order valence-corrected chi connectivity index (χ1v) is 8.50. The Morgan fingerprint density at radius 2 is 1.88 bits per heavy atom. The number of nitro benzene ring substituents is 1. The molecule has 1 N–H and O–H groups in total. The Morgan fingerprint density at radius 1 is 1.12 bits per heavy atom. The molecule has 0 spiro atoms. The first-order chi connectivity index (χ1) is 12.6. The van der Waals surface area contributed by atoms with E-state index in [1.807, 2.05) is 0 Å². The molecule has 0 radical (unpaired) electrons. The van der Waals surface area contributed by atoms with Crippen LogP contribution in [0.1, 0.15) is 18.4 Å². The van der Waals surface area contributed by atoms with E-state index in [1.165, 1.54) is 18.2 Å². The van der Waals surface area contributed by atoms with E-state index in [2.05, 4.69) is 10.4 Å². The third-order valence-corrected chi connectivity index (χ3v) is 4.55. The van der Waals surface area contributed by atoms with Crippen LogP contribution >= 0.6 is 0 Å². The smallest absolute Gasteiger partial charge is 0.294 e. The number of nitrogens with zero attached hydrogens (tertiary/aromatic N) is 3. The van der Waals surface area contributed by atoms with E-state index in [0.717, 1.165) is 48.4 Å². The number of nitro groups is 1. The Hall–Kier alpha value is -3.22. The van der Waals surface area contributed by atoms with Gasteiger partial charge in [-0.3, -0.25) is 10.1 Å². The maximum absolute atomic E-state index is 13.3. The van der Waals surface area contributed by atoms with Crippen molar-refractivity contribution in [3.8, 4) is 16.9 Å². The van der Waals surface area contributed by atoms with Gasteiger partial charge in [-0.05, 0) is 49.6 Å². The van der Waals surface area contributed by atoms with E-state index in [4.69, 9.17) is 0 Å². The van der Waals surface area contributed by atoms with Crippen LogP contribution in [-0.4, -0.2) is 21.2 Å². The van der Waals surface area contributed by atoms with Crippen LogP contribution in [0.15, 0.2) is 48.5 Å². The molecule has 0 fully saturated rings. The van der Waals surface area contributed by atoms with E-state index in [1.54, 1.807) is 35.0 Å². The monoisotopic (exact) mass is 352 g/mol. The molecule has 0 atom stereocenters. The third-order valence-electron chi connectivity index (χ3n) is 4.55. The highest BCUT2D eigenvalue weighted by atomic mass is 19.1. The Labute approximate surface area is 149 Å². The van der Waals surface area contributed by atoms with Crippen LogP contribution in [0.25, 0.3) is 16.9 Å². The fourth-order valence-electron chi connectivity index (χ4n) is 3.31. The van der Waals surface area contributed by atoms with Crippen molar-refractivity contribution in [2.45, 2.75) is 19.3 Å². The molecule has 132 valence electrons.